The summed E-state index contributed by atoms with van der Waals surface area (Å²) in [6.45, 7) is 6.91. The summed E-state index contributed by atoms with van der Waals surface area (Å²) in [6, 6.07) is 12.0. The monoisotopic (exact) mass is 392 g/mol. The van der Waals surface area contributed by atoms with E-state index >= 15 is 0 Å². The highest BCUT2D eigenvalue weighted by molar-refractivity contribution is 5.47. The highest BCUT2D eigenvalue weighted by Gasteiger charge is 2.40. The van der Waals surface area contributed by atoms with Gasteiger partial charge < -0.3 is 10.2 Å². The van der Waals surface area contributed by atoms with Crippen LogP contribution < -0.4 is 0 Å². The Hall–Kier alpha value is -1.96. The van der Waals surface area contributed by atoms with Crippen molar-refractivity contribution in [1.82, 2.24) is 0 Å². The molecule has 0 spiro atoms. The zero-order valence-electron chi connectivity index (χ0n) is 18.2. The normalized spacial score (nSPS) is 28.4. The molecule has 29 heavy (non-hydrogen) atoms. The lowest BCUT2D eigenvalue weighted by Crippen LogP contribution is -2.36. The van der Waals surface area contributed by atoms with Crippen molar-refractivity contribution in [3.05, 3.63) is 58.7 Å². The lowest BCUT2D eigenvalue weighted by atomic mass is 9.60. The van der Waals surface area contributed by atoms with Gasteiger partial charge in [0.15, 0.2) is 0 Å². The maximum Gasteiger partial charge on any atom is 0.118 e. The minimum absolute atomic E-state index is 0.154. The Labute approximate surface area is 176 Å². The number of phenols is 2. The van der Waals surface area contributed by atoms with Crippen LogP contribution in [0.1, 0.15) is 99.3 Å². The molecule has 0 aromatic heterocycles. The first-order valence-electron chi connectivity index (χ1n) is 11.5. The van der Waals surface area contributed by atoms with E-state index in [1.165, 1.54) is 61.6 Å². The van der Waals surface area contributed by atoms with Gasteiger partial charge in [-0.05, 0) is 103 Å². The van der Waals surface area contributed by atoms with Gasteiger partial charge in [-0.25, -0.2) is 0 Å². The number of hydrogen-bond acceptors (Lipinski definition) is 2. The first kappa shape index (κ1) is 20.3. The van der Waals surface area contributed by atoms with E-state index in [4.69, 9.17) is 0 Å². The fourth-order valence-electron chi connectivity index (χ4n) is 6.11. The van der Waals surface area contributed by atoms with Crippen molar-refractivity contribution in [1.29, 1.82) is 0 Å². The van der Waals surface area contributed by atoms with Gasteiger partial charge in [0, 0.05) is 0 Å². The summed E-state index contributed by atoms with van der Waals surface area (Å²) in [5, 5.41) is 20.1. The molecular formula is C27H36O2. The zero-order valence-corrected chi connectivity index (χ0v) is 18.2. The van der Waals surface area contributed by atoms with Gasteiger partial charge in [-0.1, -0.05) is 51.3 Å². The molecule has 2 aliphatic rings. The standard InChI is InChI=1S/C27H36O2/c1-18-17-21(15-16-27(18,3)22-9-11-23(28)12-10-22)24-13-14-25(29)19(2)26(24)20-7-5-4-6-8-20/h9-14,18,20-21,28-29H,4-8,15-17H2,1-3H3. The molecule has 0 saturated heterocycles. The number of hydrogen-bond donors (Lipinski definition) is 2. The van der Waals surface area contributed by atoms with Crippen molar-refractivity contribution >= 4 is 0 Å². The molecule has 0 bridgehead atoms. The number of aromatic hydroxyl groups is 2. The van der Waals surface area contributed by atoms with E-state index in [-0.39, 0.29) is 5.41 Å². The Morgan fingerprint density at radius 1 is 0.862 bits per heavy atom. The van der Waals surface area contributed by atoms with Crippen molar-refractivity contribution in [3.8, 4) is 11.5 Å². The van der Waals surface area contributed by atoms with Crippen LogP contribution in [0.15, 0.2) is 36.4 Å². The first-order valence-corrected chi connectivity index (χ1v) is 11.5. The van der Waals surface area contributed by atoms with Crippen LogP contribution in [0.2, 0.25) is 0 Å². The summed E-state index contributed by atoms with van der Waals surface area (Å²) in [4.78, 5) is 0. The molecule has 156 valence electrons. The molecule has 2 nitrogen and oxygen atoms in total. The third-order valence-corrected chi connectivity index (χ3v) is 8.24. The van der Waals surface area contributed by atoms with Gasteiger partial charge in [0.05, 0.1) is 0 Å². The summed E-state index contributed by atoms with van der Waals surface area (Å²) in [7, 11) is 0. The topological polar surface area (TPSA) is 40.5 Å². The van der Waals surface area contributed by atoms with Gasteiger partial charge in [-0.2, -0.15) is 0 Å². The summed E-state index contributed by atoms with van der Waals surface area (Å²) in [6.07, 6.45) is 10.1. The quantitative estimate of drug-likeness (QED) is 0.574. The summed E-state index contributed by atoms with van der Waals surface area (Å²) < 4.78 is 0. The van der Waals surface area contributed by atoms with E-state index in [0.717, 1.165) is 12.0 Å². The molecule has 2 aromatic carbocycles. The van der Waals surface area contributed by atoms with Gasteiger partial charge in [-0.3, -0.25) is 0 Å². The summed E-state index contributed by atoms with van der Waals surface area (Å²) >= 11 is 0. The van der Waals surface area contributed by atoms with Crippen molar-refractivity contribution < 1.29 is 10.2 Å². The molecule has 2 fully saturated rings. The fourth-order valence-corrected chi connectivity index (χ4v) is 6.11. The van der Waals surface area contributed by atoms with Crippen LogP contribution in [0.4, 0.5) is 0 Å². The SMILES string of the molecule is Cc1c(O)ccc(C2CCC(C)(c3ccc(O)cc3)C(C)C2)c1C1CCCCC1. The largest absolute Gasteiger partial charge is 0.508 e. The van der Waals surface area contributed by atoms with Gasteiger partial charge in [-0.15, -0.1) is 0 Å². The summed E-state index contributed by atoms with van der Waals surface area (Å²) in [5.74, 6) is 2.57. The highest BCUT2D eigenvalue weighted by atomic mass is 16.3. The molecule has 3 atom stereocenters. The first-order chi connectivity index (χ1) is 13.9. The molecule has 0 heterocycles. The number of benzene rings is 2. The van der Waals surface area contributed by atoms with E-state index in [0.29, 0.717) is 29.3 Å². The van der Waals surface area contributed by atoms with Crippen LogP contribution in [-0.2, 0) is 5.41 Å². The second-order valence-electron chi connectivity index (χ2n) is 9.88. The van der Waals surface area contributed by atoms with Crippen molar-refractivity contribution in [2.24, 2.45) is 5.92 Å². The van der Waals surface area contributed by atoms with E-state index in [9.17, 15) is 10.2 Å². The lowest BCUT2D eigenvalue weighted by molar-refractivity contribution is 0.199. The Morgan fingerprint density at radius 2 is 1.55 bits per heavy atom. The van der Waals surface area contributed by atoms with E-state index in [1.54, 1.807) is 0 Å². The second kappa shape index (κ2) is 8.05. The zero-order chi connectivity index (χ0) is 20.6. The third kappa shape index (κ3) is 3.79. The average molecular weight is 393 g/mol. The van der Waals surface area contributed by atoms with E-state index < -0.39 is 0 Å². The minimum atomic E-state index is 0.154. The van der Waals surface area contributed by atoms with Gasteiger partial charge in [0.25, 0.3) is 0 Å². The summed E-state index contributed by atoms with van der Waals surface area (Å²) in [5.41, 5.74) is 5.59. The number of rotatable bonds is 3. The van der Waals surface area contributed by atoms with Crippen LogP contribution in [0.5, 0.6) is 11.5 Å². The van der Waals surface area contributed by atoms with Crippen LogP contribution in [0.25, 0.3) is 0 Å². The Bertz CT molecular complexity index is 848. The molecule has 2 heteroatoms. The van der Waals surface area contributed by atoms with Crippen molar-refractivity contribution in [2.75, 3.05) is 0 Å². The van der Waals surface area contributed by atoms with Crippen LogP contribution >= 0.6 is 0 Å². The maximum absolute atomic E-state index is 10.4. The van der Waals surface area contributed by atoms with Crippen LogP contribution in [0, 0.1) is 12.8 Å². The molecule has 4 rings (SSSR count). The lowest BCUT2D eigenvalue weighted by Gasteiger charge is -2.44. The van der Waals surface area contributed by atoms with Gasteiger partial charge in [0.2, 0.25) is 0 Å². The molecule has 2 N–H and O–H groups in total. The molecule has 2 saturated carbocycles. The van der Waals surface area contributed by atoms with Crippen LogP contribution in [-0.4, -0.2) is 10.2 Å². The Morgan fingerprint density at radius 3 is 2.21 bits per heavy atom. The Balaban J connectivity index is 1.62. The molecule has 0 radical (unpaired) electrons. The predicted octanol–water partition coefficient (Wildman–Crippen LogP) is 7.32. The molecule has 0 aliphatic heterocycles. The van der Waals surface area contributed by atoms with E-state index in [1.807, 2.05) is 18.2 Å². The molecular weight excluding hydrogens is 356 g/mol. The number of phenolic OH excluding ortho intramolecular Hbond substituents is 2. The van der Waals surface area contributed by atoms with Gasteiger partial charge in [0.1, 0.15) is 11.5 Å². The second-order valence-corrected chi connectivity index (χ2v) is 9.88. The van der Waals surface area contributed by atoms with Crippen LogP contribution in [0.3, 0.4) is 0 Å². The highest BCUT2D eigenvalue weighted by Crippen LogP contribution is 2.51. The average Bonchev–Trinajstić information content (AvgIpc) is 2.73. The maximum atomic E-state index is 10.4. The van der Waals surface area contributed by atoms with E-state index in [2.05, 4.69) is 39.0 Å². The molecule has 2 aliphatic carbocycles. The van der Waals surface area contributed by atoms with Gasteiger partial charge >= 0.3 is 0 Å². The Kier molecular flexibility index (Phi) is 5.64. The fraction of sp³-hybridized carbons (Fsp3) is 0.556. The van der Waals surface area contributed by atoms with Crippen molar-refractivity contribution in [3.63, 3.8) is 0 Å². The molecule has 2 aromatic rings. The van der Waals surface area contributed by atoms with Crippen molar-refractivity contribution in [2.45, 2.75) is 89.4 Å². The third-order valence-electron chi connectivity index (χ3n) is 8.24. The smallest absolute Gasteiger partial charge is 0.118 e. The molecule has 3 unspecified atom stereocenters. The minimum Gasteiger partial charge on any atom is -0.508 e. The predicted molar refractivity (Wildman–Crippen MR) is 120 cm³/mol. The molecule has 0 amide bonds.